The minimum Gasteiger partial charge on any atom is -0.308 e. The molecule has 1 heterocycles. The molecule has 17 heavy (non-hydrogen) atoms. The highest BCUT2D eigenvalue weighted by molar-refractivity contribution is 7.98. The molecule has 0 unspecified atom stereocenters. The molecule has 0 saturated heterocycles. The van der Waals surface area contributed by atoms with Gasteiger partial charge in [0.25, 0.3) is 0 Å². The van der Waals surface area contributed by atoms with Gasteiger partial charge in [0.15, 0.2) is 0 Å². The molecule has 0 bridgehead atoms. The summed E-state index contributed by atoms with van der Waals surface area (Å²) in [5.41, 5.74) is 4.88. The maximum absolute atomic E-state index is 5.33. The fourth-order valence-electron chi connectivity index (χ4n) is 1.51. The number of hydrogen-bond donors (Lipinski definition) is 2. The lowest BCUT2D eigenvalue weighted by atomic mass is 10.2. The van der Waals surface area contributed by atoms with Crippen LogP contribution in [0, 0.1) is 6.92 Å². The van der Waals surface area contributed by atoms with E-state index in [1.54, 1.807) is 11.8 Å². The molecule has 88 valence electrons. The first-order valence-corrected chi connectivity index (χ1v) is 6.39. The molecule has 2 rings (SSSR count). The summed E-state index contributed by atoms with van der Waals surface area (Å²) in [4.78, 5) is 5.67. The number of rotatable bonds is 4. The number of nitrogen functional groups attached to an aromatic ring is 1. The Hall–Kier alpha value is -1.52. The molecular weight excluding hydrogens is 230 g/mol. The minimum atomic E-state index is 0.702. The number of aromatic nitrogens is 1. The van der Waals surface area contributed by atoms with E-state index in [2.05, 4.69) is 41.6 Å². The second kappa shape index (κ2) is 5.70. The van der Waals surface area contributed by atoms with Crippen LogP contribution in [0.1, 0.15) is 11.3 Å². The Kier molecular flexibility index (Phi) is 4.01. The Labute approximate surface area is 105 Å². The van der Waals surface area contributed by atoms with Gasteiger partial charge in [-0.2, -0.15) is 0 Å². The lowest BCUT2D eigenvalue weighted by molar-refractivity contribution is 1.14. The Morgan fingerprint density at radius 1 is 1.18 bits per heavy atom. The van der Waals surface area contributed by atoms with E-state index in [1.165, 1.54) is 10.5 Å². The van der Waals surface area contributed by atoms with E-state index >= 15 is 0 Å². The van der Waals surface area contributed by atoms with Gasteiger partial charge in [-0.1, -0.05) is 24.3 Å². The number of benzene rings is 1. The highest BCUT2D eigenvalue weighted by Crippen LogP contribution is 2.25. The summed E-state index contributed by atoms with van der Waals surface area (Å²) in [5.74, 6) is 6.88. The smallest absolute Gasteiger partial charge is 0.140 e. The van der Waals surface area contributed by atoms with Crippen LogP contribution in [0.2, 0.25) is 0 Å². The molecule has 0 saturated carbocycles. The number of hydrazine groups is 1. The van der Waals surface area contributed by atoms with Crippen molar-refractivity contribution in [2.24, 2.45) is 5.84 Å². The van der Waals surface area contributed by atoms with E-state index in [9.17, 15) is 0 Å². The second-order valence-corrected chi connectivity index (χ2v) is 4.73. The molecular formula is C13H15N3S. The number of hydrogen-bond acceptors (Lipinski definition) is 4. The fraction of sp³-hybridized carbons (Fsp3) is 0.154. The van der Waals surface area contributed by atoms with Gasteiger partial charge in [-0.15, -0.1) is 11.8 Å². The van der Waals surface area contributed by atoms with Crippen molar-refractivity contribution in [2.75, 3.05) is 5.43 Å². The van der Waals surface area contributed by atoms with Crippen LogP contribution >= 0.6 is 11.8 Å². The van der Waals surface area contributed by atoms with Crippen LogP contribution in [0.4, 0.5) is 5.82 Å². The molecule has 3 nitrogen and oxygen atoms in total. The van der Waals surface area contributed by atoms with Gasteiger partial charge in [0, 0.05) is 10.6 Å². The van der Waals surface area contributed by atoms with Gasteiger partial charge in [-0.25, -0.2) is 10.8 Å². The number of aryl methyl sites for hydroxylation is 1. The molecule has 3 N–H and O–H groups in total. The third-order valence-corrected chi connectivity index (χ3v) is 3.63. The largest absolute Gasteiger partial charge is 0.308 e. The lowest BCUT2D eigenvalue weighted by Gasteiger charge is -2.06. The molecule has 0 aliphatic rings. The van der Waals surface area contributed by atoms with Crippen molar-refractivity contribution in [3.63, 3.8) is 0 Å². The van der Waals surface area contributed by atoms with Crippen LogP contribution in [0.25, 0.3) is 0 Å². The fourth-order valence-corrected chi connectivity index (χ4v) is 2.45. The van der Waals surface area contributed by atoms with Crippen LogP contribution in [0.15, 0.2) is 47.4 Å². The molecule has 0 amide bonds. The molecule has 0 radical (unpaired) electrons. The van der Waals surface area contributed by atoms with E-state index in [0.29, 0.717) is 5.82 Å². The van der Waals surface area contributed by atoms with E-state index in [4.69, 9.17) is 5.84 Å². The molecule has 1 aromatic heterocycles. The van der Waals surface area contributed by atoms with Gasteiger partial charge in [-0.05, 0) is 30.7 Å². The number of nitrogens with two attached hydrogens (primary N) is 1. The van der Waals surface area contributed by atoms with Crippen LogP contribution < -0.4 is 11.3 Å². The van der Waals surface area contributed by atoms with Gasteiger partial charge in [0.05, 0.1) is 5.69 Å². The maximum atomic E-state index is 5.33. The molecule has 0 aliphatic heterocycles. The number of pyridine rings is 1. The molecule has 1 aromatic carbocycles. The quantitative estimate of drug-likeness (QED) is 0.494. The molecule has 4 heteroatoms. The zero-order valence-electron chi connectivity index (χ0n) is 9.68. The monoisotopic (exact) mass is 245 g/mol. The van der Waals surface area contributed by atoms with Crippen molar-refractivity contribution in [2.45, 2.75) is 17.6 Å². The predicted octanol–water partition coefficient (Wildman–Crippen LogP) is 2.97. The number of anilines is 1. The van der Waals surface area contributed by atoms with Crippen LogP contribution in [0.5, 0.6) is 0 Å². The Bertz CT molecular complexity index is 500. The SMILES string of the molecule is Cc1ccccc1SCc1cccc(NN)n1. The molecule has 0 atom stereocenters. The third kappa shape index (κ3) is 3.22. The first-order chi connectivity index (χ1) is 8.29. The minimum absolute atomic E-state index is 0.702. The highest BCUT2D eigenvalue weighted by Gasteiger charge is 2.00. The molecule has 0 fully saturated rings. The van der Waals surface area contributed by atoms with Gasteiger partial charge in [-0.3, -0.25) is 0 Å². The summed E-state index contributed by atoms with van der Waals surface area (Å²) in [6.07, 6.45) is 0. The molecule has 0 spiro atoms. The van der Waals surface area contributed by atoms with E-state index in [0.717, 1.165) is 11.4 Å². The standard InChI is InChI=1S/C13H15N3S/c1-10-5-2-3-7-12(10)17-9-11-6-4-8-13(15-11)16-14/h2-8H,9,14H2,1H3,(H,15,16). The van der Waals surface area contributed by atoms with Crippen LogP contribution in [0.3, 0.4) is 0 Å². The zero-order chi connectivity index (χ0) is 12.1. The number of nitrogens with zero attached hydrogens (tertiary/aromatic N) is 1. The molecule has 2 aromatic rings. The van der Waals surface area contributed by atoms with Gasteiger partial charge >= 0.3 is 0 Å². The normalized spacial score (nSPS) is 10.2. The van der Waals surface area contributed by atoms with Gasteiger partial charge in [0.1, 0.15) is 5.82 Å². The summed E-state index contributed by atoms with van der Waals surface area (Å²) in [7, 11) is 0. The van der Waals surface area contributed by atoms with Gasteiger partial charge < -0.3 is 5.43 Å². The third-order valence-electron chi connectivity index (χ3n) is 2.42. The summed E-state index contributed by atoms with van der Waals surface area (Å²) < 4.78 is 0. The van der Waals surface area contributed by atoms with Crippen molar-refractivity contribution in [3.8, 4) is 0 Å². The zero-order valence-corrected chi connectivity index (χ0v) is 10.5. The van der Waals surface area contributed by atoms with Crippen LogP contribution in [-0.4, -0.2) is 4.98 Å². The van der Waals surface area contributed by atoms with Crippen LogP contribution in [-0.2, 0) is 5.75 Å². The molecule has 0 aliphatic carbocycles. The van der Waals surface area contributed by atoms with E-state index in [1.807, 2.05) is 18.2 Å². The topological polar surface area (TPSA) is 50.9 Å². The van der Waals surface area contributed by atoms with Crippen molar-refractivity contribution >= 4 is 17.6 Å². The first kappa shape index (κ1) is 12.0. The first-order valence-electron chi connectivity index (χ1n) is 5.40. The second-order valence-electron chi connectivity index (χ2n) is 3.71. The predicted molar refractivity (Wildman–Crippen MR) is 72.8 cm³/mol. The van der Waals surface area contributed by atoms with E-state index in [-0.39, 0.29) is 0 Å². The van der Waals surface area contributed by atoms with E-state index < -0.39 is 0 Å². The Balaban J connectivity index is 2.05. The van der Waals surface area contributed by atoms with Crippen molar-refractivity contribution in [1.29, 1.82) is 0 Å². The number of nitrogens with one attached hydrogen (secondary N) is 1. The van der Waals surface area contributed by atoms with Gasteiger partial charge in [0.2, 0.25) is 0 Å². The average molecular weight is 245 g/mol. The van der Waals surface area contributed by atoms with Crippen molar-refractivity contribution in [1.82, 2.24) is 4.98 Å². The summed E-state index contributed by atoms with van der Waals surface area (Å²) in [6, 6.07) is 14.2. The van der Waals surface area contributed by atoms with Crippen molar-refractivity contribution in [3.05, 3.63) is 53.7 Å². The summed E-state index contributed by atoms with van der Waals surface area (Å²) in [5, 5.41) is 0. The summed E-state index contributed by atoms with van der Waals surface area (Å²) in [6.45, 7) is 2.12. The highest BCUT2D eigenvalue weighted by atomic mass is 32.2. The average Bonchev–Trinajstić information content (AvgIpc) is 2.38. The summed E-state index contributed by atoms with van der Waals surface area (Å²) >= 11 is 1.79. The Morgan fingerprint density at radius 2 is 2.00 bits per heavy atom. The number of thioether (sulfide) groups is 1. The maximum Gasteiger partial charge on any atom is 0.140 e. The lowest BCUT2D eigenvalue weighted by Crippen LogP contribution is -2.08. The Morgan fingerprint density at radius 3 is 2.76 bits per heavy atom. The van der Waals surface area contributed by atoms with Crippen molar-refractivity contribution < 1.29 is 0 Å².